The normalized spacial score (nSPS) is 11.1. The summed E-state index contributed by atoms with van der Waals surface area (Å²) in [5.41, 5.74) is 7.47. The number of aryl methyl sites for hydroxylation is 2. The molecule has 0 N–H and O–H groups in total. The van der Waals surface area contributed by atoms with E-state index in [2.05, 4.69) is 53.7 Å². The molecule has 0 unspecified atom stereocenters. The van der Waals surface area contributed by atoms with E-state index in [9.17, 15) is 0 Å². The van der Waals surface area contributed by atoms with Gasteiger partial charge < -0.3 is 0 Å². The topological polar surface area (TPSA) is 27.7 Å². The van der Waals surface area contributed by atoms with Gasteiger partial charge in [0.25, 0.3) is 0 Å². The zero-order valence-corrected chi connectivity index (χ0v) is 24.1. The van der Waals surface area contributed by atoms with E-state index in [0.717, 1.165) is 11.5 Å². The first kappa shape index (κ1) is 18.9. The van der Waals surface area contributed by atoms with Crippen molar-refractivity contribution < 1.29 is 7.56 Å². The second-order valence-electron chi connectivity index (χ2n) is 6.02. The van der Waals surface area contributed by atoms with Crippen LogP contribution in [-0.2, 0) is 1.41 Å². The Kier molecular flexibility index (Phi) is 6.68. The van der Waals surface area contributed by atoms with Gasteiger partial charge in [0, 0.05) is 0 Å². The molecule has 0 aliphatic carbocycles. The molecular weight excluding hydrogens is 502 g/mol. The van der Waals surface area contributed by atoms with Gasteiger partial charge in [-0.15, -0.1) is 0 Å². The van der Waals surface area contributed by atoms with E-state index in [1.54, 1.807) is 0 Å². The number of hydrogen-bond donors (Lipinski definition) is 0. The summed E-state index contributed by atoms with van der Waals surface area (Å²) in [5.74, 6) is 1.81. The second kappa shape index (κ2) is 8.12. The summed E-state index contributed by atoms with van der Waals surface area (Å²) in [4.78, 5) is 0. The van der Waals surface area contributed by atoms with Crippen LogP contribution in [0, 0.1) is 41.5 Å². The zero-order chi connectivity index (χ0) is 17.1. The van der Waals surface area contributed by atoms with Gasteiger partial charge in [-0.05, 0) is 0 Å². The number of benzene rings is 2. The SMILES string of the molecule is Cc1ccc([O][SnH]([O][SnH3])[O]c2ccc(C)c(C)c2C)c(C)c1C. The molecule has 23 heavy (non-hydrogen) atoms. The maximum absolute atomic E-state index is 6.18. The van der Waals surface area contributed by atoms with Crippen LogP contribution in [0.5, 0.6) is 11.5 Å². The Morgan fingerprint density at radius 1 is 0.652 bits per heavy atom. The van der Waals surface area contributed by atoms with E-state index in [1.165, 1.54) is 33.4 Å². The van der Waals surface area contributed by atoms with Crippen molar-refractivity contribution in [3.63, 3.8) is 0 Å². The quantitative estimate of drug-likeness (QED) is 0.560. The first-order chi connectivity index (χ1) is 10.8. The third kappa shape index (κ3) is 4.36. The fraction of sp³-hybridized carbons (Fsp3) is 0.333. The van der Waals surface area contributed by atoms with Gasteiger partial charge in [0.1, 0.15) is 0 Å². The minimum atomic E-state index is -2.98. The van der Waals surface area contributed by atoms with Gasteiger partial charge in [0.2, 0.25) is 0 Å². The van der Waals surface area contributed by atoms with Crippen molar-refractivity contribution in [3.8, 4) is 11.5 Å². The Morgan fingerprint density at radius 3 is 1.39 bits per heavy atom. The second-order valence-corrected chi connectivity index (χ2v) is 19.4. The van der Waals surface area contributed by atoms with Crippen molar-refractivity contribution >= 4 is 43.9 Å². The van der Waals surface area contributed by atoms with Crippen LogP contribution in [0.2, 0.25) is 0 Å². The average molecular weight is 528 g/mol. The van der Waals surface area contributed by atoms with Crippen molar-refractivity contribution in [1.82, 2.24) is 0 Å². The Labute approximate surface area is 161 Å². The van der Waals surface area contributed by atoms with E-state index in [4.69, 9.17) is 7.56 Å². The number of rotatable bonds is 5. The van der Waals surface area contributed by atoms with Crippen LogP contribution in [-0.4, -0.2) is 43.9 Å². The van der Waals surface area contributed by atoms with E-state index >= 15 is 0 Å². The molecule has 0 aliphatic rings. The van der Waals surface area contributed by atoms with Crippen LogP contribution in [0.25, 0.3) is 0 Å². The van der Waals surface area contributed by atoms with Crippen molar-refractivity contribution in [1.29, 1.82) is 0 Å². The summed E-state index contributed by atoms with van der Waals surface area (Å²) in [7, 11) is 0. The van der Waals surface area contributed by atoms with Gasteiger partial charge in [0.15, 0.2) is 0 Å². The molecule has 0 bridgehead atoms. The van der Waals surface area contributed by atoms with Crippen molar-refractivity contribution in [2.45, 2.75) is 41.5 Å². The first-order valence-electron chi connectivity index (χ1n) is 7.84. The predicted octanol–water partition coefficient (Wildman–Crippen LogP) is 3.01. The van der Waals surface area contributed by atoms with Gasteiger partial charge >= 0.3 is 162 Å². The molecule has 0 fully saturated rings. The van der Waals surface area contributed by atoms with Crippen LogP contribution in [0.15, 0.2) is 24.3 Å². The Balaban J connectivity index is 2.22. The van der Waals surface area contributed by atoms with Gasteiger partial charge in [-0.2, -0.15) is 0 Å². The monoisotopic (exact) mass is 530 g/mol. The Morgan fingerprint density at radius 2 is 1.04 bits per heavy atom. The van der Waals surface area contributed by atoms with Gasteiger partial charge in [-0.1, -0.05) is 0 Å². The van der Waals surface area contributed by atoms with Crippen LogP contribution >= 0.6 is 0 Å². The molecule has 0 atom stereocenters. The van der Waals surface area contributed by atoms with Gasteiger partial charge in [-0.25, -0.2) is 0 Å². The minimum absolute atomic E-state index is 0.0892. The molecule has 0 heterocycles. The summed E-state index contributed by atoms with van der Waals surface area (Å²) in [6.07, 6.45) is 0. The molecule has 0 spiro atoms. The molecule has 0 amide bonds. The molecule has 0 saturated carbocycles. The summed E-state index contributed by atoms with van der Waals surface area (Å²) >= 11 is -2.89. The summed E-state index contributed by atoms with van der Waals surface area (Å²) < 4.78 is 18.1. The molecule has 3 nitrogen and oxygen atoms in total. The first-order valence-corrected chi connectivity index (χ1v) is 14.2. The zero-order valence-electron chi connectivity index (χ0n) is 15.1. The molecular formula is C18H26O3Sn2. The van der Waals surface area contributed by atoms with Crippen molar-refractivity contribution in [3.05, 3.63) is 57.6 Å². The van der Waals surface area contributed by atoms with Crippen molar-refractivity contribution in [2.75, 3.05) is 0 Å². The van der Waals surface area contributed by atoms with E-state index in [0.29, 0.717) is 0 Å². The Bertz CT molecular complexity index is 654. The molecule has 124 valence electrons. The van der Waals surface area contributed by atoms with E-state index in [-0.39, 0.29) is 22.9 Å². The average Bonchev–Trinajstić information content (AvgIpc) is 2.54. The van der Waals surface area contributed by atoms with Gasteiger partial charge in [0.05, 0.1) is 0 Å². The fourth-order valence-corrected chi connectivity index (χ4v) is 9.46. The third-order valence-electron chi connectivity index (χ3n) is 4.66. The molecule has 2 aromatic rings. The molecule has 5 heteroatoms. The molecule has 0 saturated heterocycles. The number of hydrogen-bond acceptors (Lipinski definition) is 3. The van der Waals surface area contributed by atoms with Crippen LogP contribution < -0.4 is 6.15 Å². The third-order valence-corrected chi connectivity index (χ3v) is 15.7. The van der Waals surface area contributed by atoms with Crippen molar-refractivity contribution in [2.24, 2.45) is 0 Å². The Hall–Kier alpha value is -0.403. The molecule has 0 aliphatic heterocycles. The van der Waals surface area contributed by atoms with Crippen LogP contribution in [0.4, 0.5) is 0 Å². The predicted molar refractivity (Wildman–Crippen MR) is 101 cm³/mol. The molecule has 2 rings (SSSR count). The summed E-state index contributed by atoms with van der Waals surface area (Å²) in [6, 6.07) is 8.26. The fourth-order valence-electron chi connectivity index (χ4n) is 2.45. The maximum atomic E-state index is 6.18. The standard InChI is InChI=1S/2C9H12O.O.2Sn.4H/c2*1-6-4-5-9(10)8(3)7(6)2;;;;;;;/h2*4-5,10H,1-3H3;;;;;;;/q;;;;+2;;;;/p-2. The van der Waals surface area contributed by atoms with Crippen LogP contribution in [0.3, 0.4) is 0 Å². The molecule has 2 aromatic carbocycles. The summed E-state index contributed by atoms with van der Waals surface area (Å²) in [5, 5.41) is 0. The summed E-state index contributed by atoms with van der Waals surface area (Å²) in [6.45, 7) is 12.7. The van der Waals surface area contributed by atoms with Crippen LogP contribution in [0.1, 0.15) is 33.4 Å². The molecule has 0 radical (unpaired) electrons. The van der Waals surface area contributed by atoms with E-state index in [1.807, 2.05) is 12.1 Å². The van der Waals surface area contributed by atoms with Gasteiger partial charge in [-0.3, -0.25) is 0 Å². The van der Waals surface area contributed by atoms with E-state index < -0.39 is 21.0 Å². The molecule has 0 aromatic heterocycles.